The first-order chi connectivity index (χ1) is 4.83. The summed E-state index contributed by atoms with van der Waals surface area (Å²) < 4.78 is 2.04. The van der Waals surface area contributed by atoms with E-state index in [1.54, 1.807) is 0 Å². The molecule has 0 saturated heterocycles. The lowest BCUT2D eigenvalue weighted by Crippen LogP contribution is -2.26. The van der Waals surface area contributed by atoms with Gasteiger partial charge in [-0.1, -0.05) is 12.2 Å². The van der Waals surface area contributed by atoms with Gasteiger partial charge in [-0.15, -0.1) is 0 Å². The molecule has 1 heteroatoms. The number of aryl methyl sites for hydroxylation is 1. The third kappa shape index (κ3) is 1.69. The molecule has 0 spiro atoms. The summed E-state index contributed by atoms with van der Waals surface area (Å²) in [6.45, 7) is 2.02. The van der Waals surface area contributed by atoms with Gasteiger partial charge in [0.05, 0.1) is 0 Å². The molecule has 1 aromatic rings. The van der Waals surface area contributed by atoms with Gasteiger partial charge in [-0.05, 0) is 13.0 Å². The molecule has 0 fully saturated rings. The lowest BCUT2D eigenvalue weighted by molar-refractivity contribution is -0.671. The standard InChI is InChI=1S/C9H12N/c1-3-5-9-6-4-7-10(2)8-9/h3-8H,1-2H3/q+1/b5-3-. The average Bonchev–Trinajstić information content (AvgIpc) is 1.88. The maximum absolute atomic E-state index is 2.08. The van der Waals surface area contributed by atoms with Crippen LogP contribution in [0.4, 0.5) is 0 Å². The maximum atomic E-state index is 2.08. The Balaban J connectivity index is 2.95. The molecule has 0 saturated carbocycles. The Morgan fingerprint density at radius 3 is 2.90 bits per heavy atom. The molecule has 1 nitrogen and oxygen atoms in total. The van der Waals surface area contributed by atoms with Gasteiger partial charge in [0.2, 0.25) is 0 Å². The summed E-state index contributed by atoms with van der Waals surface area (Å²) in [5, 5.41) is 0. The highest BCUT2D eigenvalue weighted by molar-refractivity contribution is 5.45. The van der Waals surface area contributed by atoms with E-state index >= 15 is 0 Å². The van der Waals surface area contributed by atoms with Crippen LogP contribution in [0.5, 0.6) is 0 Å². The molecule has 0 N–H and O–H groups in total. The zero-order valence-corrected chi connectivity index (χ0v) is 6.41. The largest absolute Gasteiger partial charge is 0.207 e. The quantitative estimate of drug-likeness (QED) is 0.513. The van der Waals surface area contributed by atoms with Crippen LogP contribution in [-0.4, -0.2) is 0 Å². The molecular formula is C9H12N+. The Labute approximate surface area is 61.6 Å². The van der Waals surface area contributed by atoms with Crippen LogP contribution in [0.3, 0.4) is 0 Å². The number of aromatic nitrogens is 1. The Morgan fingerprint density at radius 2 is 2.30 bits per heavy atom. The van der Waals surface area contributed by atoms with Crippen LogP contribution in [0.15, 0.2) is 30.6 Å². The average molecular weight is 134 g/mol. The minimum Gasteiger partial charge on any atom is -0.207 e. The van der Waals surface area contributed by atoms with Crippen molar-refractivity contribution < 1.29 is 4.57 Å². The molecule has 0 radical (unpaired) electrons. The van der Waals surface area contributed by atoms with E-state index in [1.807, 2.05) is 36.9 Å². The molecule has 10 heavy (non-hydrogen) atoms. The Kier molecular flexibility index (Phi) is 2.21. The summed E-state index contributed by atoms with van der Waals surface area (Å²) in [6, 6.07) is 4.12. The van der Waals surface area contributed by atoms with Crippen molar-refractivity contribution in [3.63, 3.8) is 0 Å². The fourth-order valence-corrected chi connectivity index (χ4v) is 0.902. The third-order valence-corrected chi connectivity index (χ3v) is 1.32. The summed E-state index contributed by atoms with van der Waals surface area (Å²) in [7, 11) is 2.02. The van der Waals surface area contributed by atoms with E-state index in [4.69, 9.17) is 0 Å². The second-order valence-electron chi connectivity index (χ2n) is 2.30. The van der Waals surface area contributed by atoms with Gasteiger partial charge in [0.15, 0.2) is 12.4 Å². The van der Waals surface area contributed by atoms with Crippen molar-refractivity contribution in [3.8, 4) is 0 Å². The maximum Gasteiger partial charge on any atom is 0.175 e. The predicted octanol–water partition coefficient (Wildman–Crippen LogP) is 1.54. The Hall–Kier alpha value is -1.11. The fraction of sp³-hybridized carbons (Fsp3) is 0.222. The molecule has 0 aliphatic heterocycles. The topological polar surface area (TPSA) is 3.88 Å². The van der Waals surface area contributed by atoms with E-state index in [9.17, 15) is 0 Å². The molecule has 0 atom stereocenters. The van der Waals surface area contributed by atoms with Crippen LogP contribution in [0.1, 0.15) is 12.5 Å². The highest BCUT2D eigenvalue weighted by Gasteiger charge is 1.90. The molecule has 0 amide bonds. The van der Waals surface area contributed by atoms with Gasteiger partial charge >= 0.3 is 0 Å². The second kappa shape index (κ2) is 3.16. The number of pyridine rings is 1. The zero-order valence-electron chi connectivity index (χ0n) is 6.41. The van der Waals surface area contributed by atoms with E-state index < -0.39 is 0 Å². The number of allylic oxidation sites excluding steroid dienone is 1. The Morgan fingerprint density at radius 1 is 1.50 bits per heavy atom. The summed E-state index contributed by atoms with van der Waals surface area (Å²) >= 11 is 0. The first-order valence-electron chi connectivity index (χ1n) is 3.41. The molecule has 0 aliphatic carbocycles. The van der Waals surface area contributed by atoms with Gasteiger partial charge in [0, 0.05) is 11.6 Å². The molecule has 0 unspecified atom stereocenters. The summed E-state index contributed by atoms with van der Waals surface area (Å²) in [5.41, 5.74) is 1.24. The van der Waals surface area contributed by atoms with E-state index in [-0.39, 0.29) is 0 Å². The van der Waals surface area contributed by atoms with Crippen LogP contribution in [0.25, 0.3) is 6.08 Å². The van der Waals surface area contributed by atoms with Crippen LogP contribution in [0.2, 0.25) is 0 Å². The molecule has 1 heterocycles. The molecule has 0 aliphatic rings. The molecular weight excluding hydrogens is 122 g/mol. The SMILES string of the molecule is C/C=C\c1ccc[n+](C)c1. The van der Waals surface area contributed by atoms with E-state index in [1.165, 1.54) is 5.56 Å². The van der Waals surface area contributed by atoms with Gasteiger partial charge < -0.3 is 0 Å². The number of hydrogen-bond donors (Lipinski definition) is 0. The van der Waals surface area contributed by atoms with Crippen molar-refractivity contribution in [2.24, 2.45) is 7.05 Å². The van der Waals surface area contributed by atoms with Crippen LogP contribution >= 0.6 is 0 Å². The van der Waals surface area contributed by atoms with Gasteiger partial charge in [-0.2, -0.15) is 0 Å². The fourth-order valence-electron chi connectivity index (χ4n) is 0.902. The van der Waals surface area contributed by atoms with Crippen molar-refractivity contribution in [1.29, 1.82) is 0 Å². The van der Waals surface area contributed by atoms with Crippen molar-refractivity contribution >= 4 is 6.08 Å². The highest BCUT2D eigenvalue weighted by atomic mass is 14.9. The number of hydrogen-bond acceptors (Lipinski definition) is 0. The molecule has 0 bridgehead atoms. The van der Waals surface area contributed by atoms with Crippen LogP contribution < -0.4 is 4.57 Å². The number of nitrogens with zero attached hydrogens (tertiary/aromatic N) is 1. The first-order valence-corrected chi connectivity index (χ1v) is 3.41. The molecule has 1 rings (SSSR count). The van der Waals surface area contributed by atoms with Gasteiger partial charge in [0.25, 0.3) is 0 Å². The van der Waals surface area contributed by atoms with Crippen molar-refractivity contribution in [3.05, 3.63) is 36.2 Å². The zero-order chi connectivity index (χ0) is 7.40. The van der Waals surface area contributed by atoms with Gasteiger partial charge in [-0.3, -0.25) is 0 Å². The predicted molar refractivity (Wildman–Crippen MR) is 42.3 cm³/mol. The monoisotopic (exact) mass is 134 g/mol. The van der Waals surface area contributed by atoms with Gasteiger partial charge in [-0.25, -0.2) is 4.57 Å². The van der Waals surface area contributed by atoms with Crippen LogP contribution in [-0.2, 0) is 7.05 Å². The second-order valence-corrected chi connectivity index (χ2v) is 2.30. The van der Waals surface area contributed by atoms with Crippen molar-refractivity contribution in [2.75, 3.05) is 0 Å². The van der Waals surface area contributed by atoms with Crippen molar-refractivity contribution in [1.82, 2.24) is 0 Å². The number of rotatable bonds is 1. The summed E-state index contributed by atoms with van der Waals surface area (Å²) in [6.07, 6.45) is 8.22. The summed E-state index contributed by atoms with van der Waals surface area (Å²) in [4.78, 5) is 0. The lowest BCUT2D eigenvalue weighted by atomic mass is 10.3. The van der Waals surface area contributed by atoms with E-state index in [0.29, 0.717) is 0 Å². The van der Waals surface area contributed by atoms with Crippen molar-refractivity contribution in [2.45, 2.75) is 6.92 Å². The van der Waals surface area contributed by atoms with E-state index in [0.717, 1.165) is 0 Å². The van der Waals surface area contributed by atoms with Gasteiger partial charge in [0.1, 0.15) is 7.05 Å². The first kappa shape index (κ1) is 7.00. The van der Waals surface area contributed by atoms with E-state index in [2.05, 4.69) is 18.3 Å². The minimum atomic E-state index is 1.24. The highest BCUT2D eigenvalue weighted by Crippen LogP contribution is 1.95. The smallest absolute Gasteiger partial charge is 0.175 e. The molecule has 52 valence electrons. The Bertz CT molecular complexity index is 238. The molecule has 1 aromatic heterocycles. The minimum absolute atomic E-state index is 1.24. The lowest BCUT2D eigenvalue weighted by Gasteiger charge is -1.88. The third-order valence-electron chi connectivity index (χ3n) is 1.32. The molecule has 0 aromatic carbocycles. The summed E-state index contributed by atoms with van der Waals surface area (Å²) in [5.74, 6) is 0. The normalized spacial score (nSPS) is 10.6. The van der Waals surface area contributed by atoms with Crippen LogP contribution in [0, 0.1) is 0 Å².